The van der Waals surface area contributed by atoms with Crippen molar-refractivity contribution in [3.05, 3.63) is 94.8 Å². The lowest BCUT2D eigenvalue weighted by Gasteiger charge is -2.21. The fourth-order valence-electron chi connectivity index (χ4n) is 5.79. The zero-order chi connectivity index (χ0) is 36.9. The van der Waals surface area contributed by atoms with Gasteiger partial charge in [-0.1, -0.05) is 30.2 Å². The standard InChI is InChI=1S/C35H32ClF4N7O5/c36-23-8-6-22(7-9-23)34(16-17-34)47-32-44-31(45-33(46-32)51-19-35(38,39)40)42-25-12-4-20(5-13-25)28(48)41-18-21-2-1-3-27(21)43-29(49)30(50)52-26-14-10-24(37)11-15-26/h4-15,21,27H,1-3,16-19H2,(H,41,48)(H,43,49)(H2,42,44,45,46,47). The Morgan fingerprint density at radius 1 is 0.885 bits per heavy atom. The van der Waals surface area contributed by atoms with E-state index in [1.807, 2.05) is 12.1 Å². The molecule has 2 aliphatic carbocycles. The van der Waals surface area contributed by atoms with Crippen LogP contribution in [0.5, 0.6) is 11.8 Å². The number of nitrogens with one attached hydrogen (secondary N) is 4. The van der Waals surface area contributed by atoms with E-state index in [1.54, 1.807) is 24.3 Å². The molecule has 4 aromatic rings. The van der Waals surface area contributed by atoms with E-state index in [1.165, 1.54) is 24.3 Å². The van der Waals surface area contributed by atoms with Crippen LogP contribution in [0.25, 0.3) is 0 Å². The number of aromatic nitrogens is 3. The van der Waals surface area contributed by atoms with Crippen LogP contribution in [0.3, 0.4) is 0 Å². The molecule has 2 fully saturated rings. The molecule has 12 nitrogen and oxygen atoms in total. The van der Waals surface area contributed by atoms with Crippen molar-refractivity contribution in [2.75, 3.05) is 23.8 Å². The summed E-state index contributed by atoms with van der Waals surface area (Å²) < 4.78 is 61.7. The summed E-state index contributed by atoms with van der Waals surface area (Å²) in [5.41, 5.74) is 1.13. The monoisotopic (exact) mass is 741 g/mol. The van der Waals surface area contributed by atoms with Gasteiger partial charge in [-0.2, -0.15) is 28.1 Å². The maximum absolute atomic E-state index is 13.1. The number of amides is 2. The van der Waals surface area contributed by atoms with Gasteiger partial charge in [0.2, 0.25) is 11.9 Å². The Balaban J connectivity index is 1.05. The number of rotatable bonds is 12. The Morgan fingerprint density at radius 3 is 2.25 bits per heavy atom. The summed E-state index contributed by atoms with van der Waals surface area (Å²) in [5, 5.41) is 12.2. The summed E-state index contributed by atoms with van der Waals surface area (Å²) in [6, 6.07) is 17.2. The third kappa shape index (κ3) is 9.63. The average molecular weight is 742 g/mol. The fraction of sp³-hybridized carbons (Fsp3) is 0.314. The Hall–Kier alpha value is -5.51. The highest BCUT2D eigenvalue weighted by atomic mass is 35.5. The molecule has 2 atom stereocenters. The van der Waals surface area contributed by atoms with Crippen molar-refractivity contribution in [1.29, 1.82) is 0 Å². The van der Waals surface area contributed by atoms with Gasteiger partial charge in [0.05, 0.1) is 5.54 Å². The molecule has 2 aliphatic rings. The number of carbonyl (C=O) groups excluding carboxylic acids is 3. The number of nitrogens with zero attached hydrogens (tertiary/aromatic N) is 3. The van der Waals surface area contributed by atoms with Gasteiger partial charge in [0.15, 0.2) is 6.61 Å². The number of hydrogen-bond acceptors (Lipinski definition) is 10. The van der Waals surface area contributed by atoms with Crippen LogP contribution in [0.15, 0.2) is 72.8 Å². The number of anilines is 3. The molecule has 3 aromatic carbocycles. The van der Waals surface area contributed by atoms with E-state index < -0.39 is 42.0 Å². The first kappa shape index (κ1) is 36.3. The minimum atomic E-state index is -4.61. The van der Waals surface area contributed by atoms with Gasteiger partial charge in [0.25, 0.3) is 5.91 Å². The number of benzene rings is 3. The summed E-state index contributed by atoms with van der Waals surface area (Å²) in [6.45, 7) is -1.37. The summed E-state index contributed by atoms with van der Waals surface area (Å²) in [7, 11) is 0. The molecule has 0 spiro atoms. The fourth-order valence-corrected chi connectivity index (χ4v) is 5.91. The smallest absolute Gasteiger partial charge is 0.422 e. The van der Waals surface area contributed by atoms with Gasteiger partial charge in [-0.3, -0.25) is 9.59 Å². The van der Waals surface area contributed by atoms with Crippen molar-refractivity contribution in [1.82, 2.24) is 25.6 Å². The molecule has 52 heavy (non-hydrogen) atoms. The van der Waals surface area contributed by atoms with Crippen molar-refractivity contribution in [3.8, 4) is 11.8 Å². The zero-order valence-electron chi connectivity index (χ0n) is 27.3. The molecule has 0 aliphatic heterocycles. The van der Waals surface area contributed by atoms with Gasteiger partial charge in [-0.15, -0.1) is 0 Å². The zero-order valence-corrected chi connectivity index (χ0v) is 28.1. The number of alkyl halides is 3. The molecule has 1 aromatic heterocycles. The van der Waals surface area contributed by atoms with Crippen LogP contribution in [-0.2, 0) is 15.1 Å². The molecule has 2 amide bonds. The highest BCUT2D eigenvalue weighted by Crippen LogP contribution is 2.48. The van der Waals surface area contributed by atoms with Gasteiger partial charge in [0, 0.05) is 28.9 Å². The van der Waals surface area contributed by atoms with E-state index >= 15 is 0 Å². The molecule has 1 heterocycles. The quantitative estimate of drug-likeness (QED) is 0.0582. The number of halogens is 5. The van der Waals surface area contributed by atoms with Gasteiger partial charge >= 0.3 is 24.1 Å². The molecule has 0 bridgehead atoms. The first-order chi connectivity index (χ1) is 24.8. The van der Waals surface area contributed by atoms with Crippen molar-refractivity contribution in [2.24, 2.45) is 5.92 Å². The van der Waals surface area contributed by atoms with E-state index in [2.05, 4.69) is 36.2 Å². The SMILES string of the molecule is O=C(NC1CCCC1CNC(=O)c1ccc(Nc2nc(NC3(c4ccc(Cl)cc4)CC3)nc(OCC(F)(F)F)n2)cc1)C(=O)Oc1ccc(F)cc1. The average Bonchev–Trinajstić information content (AvgIpc) is 3.76. The van der Waals surface area contributed by atoms with E-state index in [-0.39, 0.29) is 42.1 Å². The van der Waals surface area contributed by atoms with Crippen LogP contribution in [0.4, 0.5) is 35.1 Å². The molecular weight excluding hydrogens is 710 g/mol. The van der Waals surface area contributed by atoms with E-state index in [9.17, 15) is 31.9 Å². The van der Waals surface area contributed by atoms with Crippen LogP contribution in [0, 0.1) is 11.7 Å². The molecule has 0 radical (unpaired) electrons. The van der Waals surface area contributed by atoms with Crippen LogP contribution in [0.2, 0.25) is 5.02 Å². The largest absolute Gasteiger partial charge is 0.454 e. The molecular formula is C35H32ClF4N7O5. The number of ether oxygens (including phenoxy) is 2. The summed E-state index contributed by atoms with van der Waals surface area (Å²) >= 11 is 6.03. The van der Waals surface area contributed by atoms with Crippen LogP contribution < -0.4 is 30.7 Å². The van der Waals surface area contributed by atoms with Crippen LogP contribution >= 0.6 is 11.6 Å². The molecule has 0 saturated heterocycles. The van der Waals surface area contributed by atoms with Crippen LogP contribution in [0.1, 0.15) is 48.0 Å². The van der Waals surface area contributed by atoms with E-state index in [4.69, 9.17) is 21.1 Å². The van der Waals surface area contributed by atoms with Crippen molar-refractivity contribution >= 4 is 47.0 Å². The number of hydrogen-bond donors (Lipinski definition) is 4. The van der Waals surface area contributed by atoms with Gasteiger partial charge in [-0.25, -0.2) is 9.18 Å². The third-order valence-electron chi connectivity index (χ3n) is 8.59. The summed E-state index contributed by atoms with van der Waals surface area (Å²) in [4.78, 5) is 50.1. The number of carbonyl (C=O) groups is 3. The maximum atomic E-state index is 13.1. The second-order valence-electron chi connectivity index (χ2n) is 12.4. The van der Waals surface area contributed by atoms with E-state index in [0.29, 0.717) is 29.1 Å². The maximum Gasteiger partial charge on any atom is 0.422 e. The predicted molar refractivity (Wildman–Crippen MR) is 181 cm³/mol. The van der Waals surface area contributed by atoms with Gasteiger partial charge in [0.1, 0.15) is 11.6 Å². The Morgan fingerprint density at radius 2 is 1.58 bits per heavy atom. The molecule has 4 N–H and O–H groups in total. The lowest BCUT2D eigenvalue weighted by atomic mass is 10.0. The van der Waals surface area contributed by atoms with Gasteiger partial charge < -0.3 is 30.7 Å². The molecule has 17 heteroatoms. The van der Waals surface area contributed by atoms with Gasteiger partial charge in [-0.05, 0) is 97.8 Å². The molecule has 2 unspecified atom stereocenters. The van der Waals surface area contributed by atoms with Crippen LogP contribution in [-0.4, -0.2) is 58.1 Å². The highest BCUT2D eigenvalue weighted by Gasteiger charge is 2.45. The van der Waals surface area contributed by atoms with Crippen molar-refractivity contribution < 1.29 is 41.4 Å². The van der Waals surface area contributed by atoms with Crippen molar-refractivity contribution in [3.63, 3.8) is 0 Å². The second-order valence-corrected chi connectivity index (χ2v) is 12.8. The first-order valence-electron chi connectivity index (χ1n) is 16.3. The molecule has 6 rings (SSSR count). The Kier molecular flexibility index (Phi) is 10.7. The minimum absolute atomic E-state index is 0.00398. The van der Waals surface area contributed by atoms with E-state index in [0.717, 1.165) is 37.0 Å². The Labute approximate surface area is 299 Å². The number of esters is 1. The normalized spacial score (nSPS) is 17.5. The summed E-state index contributed by atoms with van der Waals surface area (Å²) in [6.07, 6.45) is -1.06. The topological polar surface area (TPSA) is 156 Å². The lowest BCUT2D eigenvalue weighted by Crippen LogP contribution is -2.45. The first-order valence-corrected chi connectivity index (χ1v) is 16.7. The van der Waals surface area contributed by atoms with Crippen molar-refractivity contribution in [2.45, 2.75) is 49.9 Å². The lowest BCUT2D eigenvalue weighted by molar-refractivity contribution is -0.154. The highest BCUT2D eigenvalue weighted by molar-refractivity contribution is 6.33. The second kappa shape index (κ2) is 15.4. The minimum Gasteiger partial charge on any atom is -0.454 e. The third-order valence-corrected chi connectivity index (χ3v) is 8.84. The molecule has 272 valence electrons. The summed E-state index contributed by atoms with van der Waals surface area (Å²) in [5.74, 6) is -3.16. The predicted octanol–water partition coefficient (Wildman–Crippen LogP) is 6.07. The molecule has 2 saturated carbocycles. The Bertz CT molecular complexity index is 1910.